The lowest BCUT2D eigenvalue weighted by atomic mass is 9.92. The van der Waals surface area contributed by atoms with E-state index in [0.717, 1.165) is 64.9 Å². The van der Waals surface area contributed by atoms with Crippen LogP contribution >= 0.6 is 0 Å². The summed E-state index contributed by atoms with van der Waals surface area (Å²) in [5.41, 5.74) is 12.4. The molecule has 1 aromatic heterocycles. The zero-order valence-electron chi connectivity index (χ0n) is 21.2. The number of benzene rings is 2. The first-order valence-electron chi connectivity index (χ1n) is 12.8. The molecule has 2 aromatic carbocycles. The number of nitrogens with one attached hydrogen (secondary N) is 1. The van der Waals surface area contributed by atoms with Gasteiger partial charge in [-0.3, -0.25) is 5.32 Å². The lowest BCUT2D eigenvalue weighted by Crippen LogP contribution is -2.21. The second-order valence-electron chi connectivity index (χ2n) is 9.85. The minimum Gasteiger partial charge on any atom is -0.446 e. The fourth-order valence-corrected chi connectivity index (χ4v) is 4.85. The lowest BCUT2D eigenvalue weighted by Gasteiger charge is -2.30. The largest absolute Gasteiger partial charge is 0.446 e. The molecule has 2 aliphatic rings. The van der Waals surface area contributed by atoms with Crippen molar-refractivity contribution < 1.29 is 14.4 Å². The summed E-state index contributed by atoms with van der Waals surface area (Å²) in [4.78, 5) is 17.6. The van der Waals surface area contributed by atoms with E-state index < -0.39 is 6.09 Å². The highest BCUT2D eigenvalue weighted by molar-refractivity contribution is 6.02. The third kappa shape index (κ3) is 4.96. The molecule has 0 spiro atoms. The number of carbonyl (C=O) groups excluding carboxylic acids is 1. The van der Waals surface area contributed by atoms with Crippen LogP contribution in [0.2, 0.25) is 0 Å². The van der Waals surface area contributed by atoms with Crippen LogP contribution in [0.3, 0.4) is 0 Å². The van der Waals surface area contributed by atoms with Crippen LogP contribution in [-0.4, -0.2) is 23.0 Å². The third-order valence-electron chi connectivity index (χ3n) is 7.16. The second-order valence-corrected chi connectivity index (χ2v) is 9.85. The smallest absolute Gasteiger partial charge is 0.411 e. The number of nitrogen functional groups attached to an aromatic ring is 1. The van der Waals surface area contributed by atoms with Crippen molar-refractivity contribution in [3.8, 4) is 11.3 Å². The van der Waals surface area contributed by atoms with Gasteiger partial charge in [0.05, 0.1) is 16.9 Å². The Morgan fingerprint density at radius 1 is 1.17 bits per heavy atom. The Kier molecular flexibility index (Phi) is 6.72. The van der Waals surface area contributed by atoms with Crippen molar-refractivity contribution in [3.63, 3.8) is 0 Å². The summed E-state index contributed by atoms with van der Waals surface area (Å²) in [5, 5.41) is 7.74. The molecule has 2 saturated carbocycles. The highest BCUT2D eigenvalue weighted by atomic mass is 16.6. The normalized spacial score (nSPS) is 17.2. The van der Waals surface area contributed by atoms with Crippen molar-refractivity contribution in [2.24, 2.45) is 11.1 Å². The molecule has 0 unspecified atom stereocenters. The summed E-state index contributed by atoms with van der Waals surface area (Å²) in [5.74, 6) is 1.22. The molecule has 3 aromatic rings. The number of hydrogen-bond acceptors (Lipinski definition) is 5. The van der Waals surface area contributed by atoms with Gasteiger partial charge in [0, 0.05) is 28.9 Å². The summed E-state index contributed by atoms with van der Waals surface area (Å²) in [7, 11) is 0. The SMILES string of the molecule is C/C=N/O/C(C)=C/c1ccc2c(N)c(-c3ccc(NC(=O)O[C@H](C)C4CC4)cc3)n(C3CCC3)c2c1. The van der Waals surface area contributed by atoms with Crippen LogP contribution in [0, 0.1) is 5.92 Å². The number of anilines is 2. The monoisotopic (exact) mass is 486 g/mol. The number of nitrogens with two attached hydrogens (primary N) is 1. The number of aromatic nitrogens is 1. The Morgan fingerprint density at radius 3 is 2.56 bits per heavy atom. The van der Waals surface area contributed by atoms with Gasteiger partial charge in [-0.2, -0.15) is 0 Å². The molecule has 5 rings (SSSR count). The predicted octanol–water partition coefficient (Wildman–Crippen LogP) is 7.35. The summed E-state index contributed by atoms with van der Waals surface area (Å²) in [6, 6.07) is 14.6. The Labute approximate surface area is 211 Å². The van der Waals surface area contributed by atoms with Gasteiger partial charge in [-0.25, -0.2) is 4.79 Å². The molecule has 0 aliphatic heterocycles. The molecule has 3 N–H and O–H groups in total. The van der Waals surface area contributed by atoms with Gasteiger partial charge in [0.2, 0.25) is 0 Å². The molecule has 7 heteroatoms. The topological polar surface area (TPSA) is 90.9 Å². The Morgan fingerprint density at radius 2 is 1.92 bits per heavy atom. The van der Waals surface area contributed by atoms with Gasteiger partial charge in [-0.1, -0.05) is 29.4 Å². The maximum absolute atomic E-state index is 12.3. The summed E-state index contributed by atoms with van der Waals surface area (Å²) >= 11 is 0. The maximum Gasteiger partial charge on any atom is 0.411 e. The van der Waals surface area contributed by atoms with Crippen LogP contribution in [0.1, 0.15) is 64.5 Å². The third-order valence-corrected chi connectivity index (χ3v) is 7.16. The van der Waals surface area contributed by atoms with Crippen LogP contribution in [-0.2, 0) is 9.57 Å². The van der Waals surface area contributed by atoms with Crippen molar-refractivity contribution in [2.45, 2.75) is 65.0 Å². The average Bonchev–Trinajstić information content (AvgIpc) is 3.64. The molecule has 0 radical (unpaired) electrons. The maximum atomic E-state index is 12.3. The van der Waals surface area contributed by atoms with Crippen LogP contribution in [0.5, 0.6) is 0 Å². The van der Waals surface area contributed by atoms with E-state index in [0.29, 0.717) is 17.6 Å². The minimum absolute atomic E-state index is 0.0447. The van der Waals surface area contributed by atoms with E-state index >= 15 is 0 Å². The molecule has 2 aliphatic carbocycles. The first-order valence-corrected chi connectivity index (χ1v) is 12.8. The van der Waals surface area contributed by atoms with E-state index in [4.69, 9.17) is 15.3 Å². The van der Waals surface area contributed by atoms with E-state index in [1.807, 2.05) is 51.1 Å². The van der Waals surface area contributed by atoms with Gasteiger partial charge in [0.1, 0.15) is 11.9 Å². The van der Waals surface area contributed by atoms with Crippen LogP contribution in [0.15, 0.2) is 53.4 Å². The number of carbonyl (C=O) groups is 1. The zero-order chi connectivity index (χ0) is 25.2. The van der Waals surface area contributed by atoms with Gasteiger partial charge in [-0.15, -0.1) is 0 Å². The number of rotatable bonds is 8. The van der Waals surface area contributed by atoms with Crippen molar-refractivity contribution in [3.05, 3.63) is 53.8 Å². The number of allylic oxidation sites excluding steroid dienone is 1. The van der Waals surface area contributed by atoms with E-state index in [1.54, 1.807) is 6.21 Å². The van der Waals surface area contributed by atoms with Crippen molar-refractivity contribution >= 4 is 40.7 Å². The average molecular weight is 487 g/mol. The quantitative estimate of drug-likeness (QED) is 0.198. The summed E-state index contributed by atoms with van der Waals surface area (Å²) in [6.45, 7) is 5.66. The van der Waals surface area contributed by atoms with Gasteiger partial charge >= 0.3 is 6.09 Å². The van der Waals surface area contributed by atoms with Crippen LogP contribution in [0.25, 0.3) is 28.2 Å². The molecular weight excluding hydrogens is 452 g/mol. The van der Waals surface area contributed by atoms with Crippen molar-refractivity contribution in [1.29, 1.82) is 0 Å². The van der Waals surface area contributed by atoms with Crippen LogP contribution < -0.4 is 11.1 Å². The number of hydrogen-bond donors (Lipinski definition) is 2. The molecule has 0 bridgehead atoms. The number of fused-ring (bicyclic) bond motifs is 1. The second kappa shape index (κ2) is 10.1. The molecule has 36 heavy (non-hydrogen) atoms. The predicted molar refractivity (Wildman–Crippen MR) is 146 cm³/mol. The van der Waals surface area contributed by atoms with E-state index in [1.165, 1.54) is 6.42 Å². The van der Waals surface area contributed by atoms with E-state index in [-0.39, 0.29) is 6.10 Å². The minimum atomic E-state index is -0.408. The molecule has 0 saturated heterocycles. The van der Waals surface area contributed by atoms with Crippen molar-refractivity contribution in [1.82, 2.24) is 4.57 Å². The highest BCUT2D eigenvalue weighted by Crippen LogP contribution is 2.44. The van der Waals surface area contributed by atoms with Crippen LogP contribution in [0.4, 0.5) is 16.2 Å². The fourth-order valence-electron chi connectivity index (χ4n) is 4.85. The Hall–Kier alpha value is -3.74. The number of oxime groups is 1. The number of ether oxygens (including phenoxy) is 1. The van der Waals surface area contributed by atoms with E-state index in [9.17, 15) is 4.79 Å². The number of nitrogens with zero attached hydrogens (tertiary/aromatic N) is 2. The summed E-state index contributed by atoms with van der Waals surface area (Å²) in [6.07, 6.45) is 8.90. The van der Waals surface area contributed by atoms with E-state index in [2.05, 4.69) is 33.2 Å². The standard InChI is InChI=1S/C29H34N4O3/c1-4-31-36-18(2)16-20-8-15-25-26(17-20)33(24-6-5-7-24)28(27(25)30)22-11-13-23(14-12-22)32-29(34)35-19(3)21-9-10-21/h4,8,11-17,19,21,24H,5-7,9-10,30H2,1-3H3,(H,32,34)/b18-16+,31-4+/t19-/m1/s1. The molecule has 7 nitrogen and oxygen atoms in total. The van der Waals surface area contributed by atoms with Gasteiger partial charge in [0.15, 0.2) is 0 Å². The first kappa shape index (κ1) is 24.0. The zero-order valence-corrected chi connectivity index (χ0v) is 21.2. The summed E-state index contributed by atoms with van der Waals surface area (Å²) < 4.78 is 7.88. The molecule has 1 amide bonds. The van der Waals surface area contributed by atoms with Gasteiger partial charge < -0.3 is 19.9 Å². The van der Waals surface area contributed by atoms with Gasteiger partial charge in [-0.05, 0) is 88.6 Å². The molecule has 188 valence electrons. The Balaban J connectivity index is 1.45. The molecule has 1 heterocycles. The van der Waals surface area contributed by atoms with Gasteiger partial charge in [0.25, 0.3) is 0 Å². The van der Waals surface area contributed by atoms with Crippen molar-refractivity contribution in [2.75, 3.05) is 11.1 Å². The molecule has 2 fully saturated rings. The first-order chi connectivity index (χ1) is 17.4. The highest BCUT2D eigenvalue weighted by Gasteiger charge is 2.31. The Bertz CT molecular complexity index is 1310. The number of amides is 1. The molecule has 1 atom stereocenters. The molecular formula is C29H34N4O3. The fraction of sp³-hybridized carbons (Fsp3) is 0.379. The lowest BCUT2D eigenvalue weighted by molar-refractivity contribution is 0.108.